The van der Waals surface area contributed by atoms with Crippen LogP contribution in [0, 0.1) is 0 Å². The number of anilines is 1. The van der Waals surface area contributed by atoms with Gasteiger partial charge in [0, 0.05) is 10.0 Å². The molecule has 0 aliphatic carbocycles. The average Bonchev–Trinajstić information content (AvgIpc) is 2.33. The van der Waals surface area contributed by atoms with Gasteiger partial charge in [0.1, 0.15) is 11.3 Å². The maximum Gasteiger partial charge on any atom is 0.263 e. The second kappa shape index (κ2) is 5.91. The van der Waals surface area contributed by atoms with Gasteiger partial charge in [-0.25, -0.2) is 18.4 Å². The Bertz CT molecular complexity index is 747. The molecule has 20 heavy (non-hydrogen) atoms. The number of nitrogens with zero attached hydrogens (tertiary/aromatic N) is 2. The van der Waals surface area contributed by atoms with Gasteiger partial charge in [-0.1, -0.05) is 46.4 Å². The second-order valence-corrected chi connectivity index (χ2v) is 6.83. The first-order chi connectivity index (χ1) is 9.29. The number of hydrogen-bond acceptors (Lipinski definition) is 4. The topological polar surface area (TPSA) is 72.0 Å². The van der Waals surface area contributed by atoms with Gasteiger partial charge >= 0.3 is 0 Å². The third-order valence-electron chi connectivity index (χ3n) is 2.12. The van der Waals surface area contributed by atoms with Crippen LogP contribution >= 0.6 is 46.4 Å². The molecule has 0 amide bonds. The third kappa shape index (κ3) is 3.45. The highest BCUT2D eigenvalue weighted by molar-refractivity contribution is 7.92. The van der Waals surface area contributed by atoms with E-state index in [0.29, 0.717) is 0 Å². The lowest BCUT2D eigenvalue weighted by molar-refractivity contribution is 0.601. The molecule has 0 radical (unpaired) electrons. The summed E-state index contributed by atoms with van der Waals surface area (Å²) in [6.07, 6.45) is 1.08. The summed E-state index contributed by atoms with van der Waals surface area (Å²) in [4.78, 5) is 7.20. The van der Waals surface area contributed by atoms with E-state index in [4.69, 9.17) is 46.4 Å². The molecule has 1 heterocycles. The maximum absolute atomic E-state index is 12.2. The molecule has 1 N–H and O–H groups in total. The molecule has 0 spiro atoms. The highest BCUT2D eigenvalue weighted by Gasteiger charge is 2.19. The lowest BCUT2D eigenvalue weighted by Crippen LogP contribution is -2.14. The number of sulfonamides is 1. The molecule has 0 unspecified atom stereocenters. The molecule has 0 atom stereocenters. The first-order valence-electron chi connectivity index (χ1n) is 4.94. The highest BCUT2D eigenvalue weighted by Crippen LogP contribution is 2.28. The number of benzene rings is 1. The van der Waals surface area contributed by atoms with E-state index in [1.54, 1.807) is 0 Å². The molecular weight excluding hydrogens is 368 g/mol. The van der Waals surface area contributed by atoms with Gasteiger partial charge in [0.25, 0.3) is 10.0 Å². The van der Waals surface area contributed by atoms with Gasteiger partial charge < -0.3 is 0 Å². The van der Waals surface area contributed by atoms with Crippen LogP contribution in [-0.4, -0.2) is 18.4 Å². The van der Waals surface area contributed by atoms with Gasteiger partial charge in [0.15, 0.2) is 11.0 Å². The minimum absolute atomic E-state index is 0.0662. The zero-order valence-corrected chi connectivity index (χ0v) is 13.3. The summed E-state index contributed by atoms with van der Waals surface area (Å²) in [7, 11) is -3.95. The first kappa shape index (κ1) is 15.6. The Hall–Kier alpha value is -0.790. The van der Waals surface area contributed by atoms with Crippen molar-refractivity contribution in [2.45, 2.75) is 4.90 Å². The summed E-state index contributed by atoms with van der Waals surface area (Å²) in [6, 6.07) is 3.90. The van der Waals surface area contributed by atoms with Crippen LogP contribution in [0.3, 0.4) is 0 Å². The van der Waals surface area contributed by atoms with Crippen LogP contribution in [0.5, 0.6) is 0 Å². The SMILES string of the molecule is O=S(=O)(Nc1ncnc(Cl)c1Cl)c1cc(Cl)cc(Cl)c1. The zero-order chi connectivity index (χ0) is 14.9. The van der Waals surface area contributed by atoms with E-state index in [1.807, 2.05) is 0 Å². The van der Waals surface area contributed by atoms with Crippen LogP contribution < -0.4 is 4.72 Å². The van der Waals surface area contributed by atoms with Crippen molar-refractivity contribution in [3.05, 3.63) is 44.7 Å². The molecular formula is C10H5Cl4N3O2S. The molecule has 106 valence electrons. The van der Waals surface area contributed by atoms with Gasteiger partial charge in [-0.15, -0.1) is 0 Å². The summed E-state index contributed by atoms with van der Waals surface area (Å²) >= 11 is 23.0. The largest absolute Gasteiger partial charge is 0.263 e. The summed E-state index contributed by atoms with van der Waals surface area (Å²) in [5.41, 5.74) is 0. The first-order valence-corrected chi connectivity index (χ1v) is 7.94. The van der Waals surface area contributed by atoms with Crippen molar-refractivity contribution in [1.82, 2.24) is 9.97 Å². The van der Waals surface area contributed by atoms with E-state index < -0.39 is 10.0 Å². The molecule has 2 rings (SSSR count). The predicted octanol–water partition coefficient (Wildman–Crippen LogP) is 3.89. The van der Waals surface area contributed by atoms with Crippen LogP contribution in [0.1, 0.15) is 0 Å². The third-order valence-corrected chi connectivity index (χ3v) is 4.62. The van der Waals surface area contributed by atoms with E-state index >= 15 is 0 Å². The zero-order valence-electron chi connectivity index (χ0n) is 9.44. The van der Waals surface area contributed by atoms with E-state index in [-0.39, 0.29) is 30.9 Å². The summed E-state index contributed by atoms with van der Waals surface area (Å²) in [5.74, 6) is -0.136. The average molecular weight is 373 g/mol. The van der Waals surface area contributed by atoms with Crippen LogP contribution in [0.25, 0.3) is 0 Å². The Morgan fingerprint density at radius 1 is 0.950 bits per heavy atom. The number of rotatable bonds is 3. The van der Waals surface area contributed by atoms with Crippen molar-refractivity contribution < 1.29 is 8.42 Å². The van der Waals surface area contributed by atoms with Crippen LogP contribution in [-0.2, 0) is 10.0 Å². The maximum atomic E-state index is 12.2. The summed E-state index contributed by atoms with van der Waals surface area (Å²) in [5, 5.41) is 0.198. The molecule has 1 aromatic heterocycles. The molecule has 10 heteroatoms. The fourth-order valence-electron chi connectivity index (χ4n) is 1.29. The predicted molar refractivity (Wildman–Crippen MR) is 79.3 cm³/mol. The smallest absolute Gasteiger partial charge is 0.262 e. The summed E-state index contributed by atoms with van der Waals surface area (Å²) in [6.45, 7) is 0. The molecule has 0 aliphatic rings. The molecule has 2 aromatic rings. The quantitative estimate of drug-likeness (QED) is 0.829. The van der Waals surface area contributed by atoms with Crippen LogP contribution in [0.4, 0.5) is 5.82 Å². The van der Waals surface area contributed by atoms with Gasteiger partial charge in [0.05, 0.1) is 4.90 Å². The second-order valence-electron chi connectivity index (χ2n) is 3.54. The Morgan fingerprint density at radius 2 is 1.55 bits per heavy atom. The van der Waals surface area contributed by atoms with Crippen molar-refractivity contribution in [3.63, 3.8) is 0 Å². The van der Waals surface area contributed by atoms with Gasteiger partial charge in [-0.2, -0.15) is 0 Å². The monoisotopic (exact) mass is 371 g/mol. The molecule has 0 saturated heterocycles. The van der Waals surface area contributed by atoms with Gasteiger partial charge in [-0.3, -0.25) is 4.72 Å². The van der Waals surface area contributed by atoms with Crippen molar-refractivity contribution in [2.24, 2.45) is 0 Å². The molecule has 0 bridgehead atoms. The fourth-order valence-corrected chi connectivity index (χ4v) is 3.37. The lowest BCUT2D eigenvalue weighted by atomic mass is 10.4. The number of nitrogens with one attached hydrogen (secondary N) is 1. The molecule has 0 fully saturated rings. The van der Waals surface area contributed by atoms with Gasteiger partial charge in [0.2, 0.25) is 0 Å². The van der Waals surface area contributed by atoms with Crippen LogP contribution in [0.2, 0.25) is 20.2 Å². The Labute approximate surface area is 134 Å². The van der Waals surface area contributed by atoms with Crippen LogP contribution in [0.15, 0.2) is 29.4 Å². The van der Waals surface area contributed by atoms with E-state index in [9.17, 15) is 8.42 Å². The van der Waals surface area contributed by atoms with Crippen molar-refractivity contribution in [2.75, 3.05) is 4.72 Å². The lowest BCUT2D eigenvalue weighted by Gasteiger charge is -2.09. The normalized spacial score (nSPS) is 11.4. The van der Waals surface area contributed by atoms with E-state index in [0.717, 1.165) is 6.33 Å². The van der Waals surface area contributed by atoms with Crippen molar-refractivity contribution in [1.29, 1.82) is 0 Å². The van der Waals surface area contributed by atoms with E-state index in [2.05, 4.69) is 14.7 Å². The van der Waals surface area contributed by atoms with E-state index in [1.165, 1.54) is 18.2 Å². The van der Waals surface area contributed by atoms with Crippen molar-refractivity contribution >= 4 is 62.2 Å². The highest BCUT2D eigenvalue weighted by atomic mass is 35.5. The number of hydrogen-bond donors (Lipinski definition) is 1. The standard InChI is InChI=1S/C10H5Cl4N3O2S/c11-5-1-6(12)3-7(2-5)20(18,19)17-10-8(13)9(14)15-4-16-10/h1-4H,(H,15,16,17). The number of halogens is 4. The molecule has 0 aliphatic heterocycles. The fraction of sp³-hybridized carbons (Fsp3) is 0. The van der Waals surface area contributed by atoms with Gasteiger partial charge in [-0.05, 0) is 18.2 Å². The Kier molecular flexibility index (Phi) is 4.61. The Morgan fingerprint density at radius 3 is 2.15 bits per heavy atom. The molecule has 5 nitrogen and oxygen atoms in total. The Balaban J connectivity index is 2.43. The van der Waals surface area contributed by atoms with Crippen molar-refractivity contribution in [3.8, 4) is 0 Å². The minimum Gasteiger partial charge on any atom is -0.262 e. The minimum atomic E-state index is -3.95. The summed E-state index contributed by atoms with van der Waals surface area (Å²) < 4.78 is 26.5. The number of aromatic nitrogens is 2. The molecule has 1 aromatic carbocycles. The molecule has 0 saturated carbocycles.